The van der Waals surface area contributed by atoms with Crippen LogP contribution in [0.4, 0.5) is 0 Å². The highest BCUT2D eigenvalue weighted by atomic mass is 16.5. The monoisotopic (exact) mass is 376 g/mol. The molecular weight excluding hydrogens is 344 g/mol. The largest absolute Gasteiger partial charge is 0.497 e. The summed E-state index contributed by atoms with van der Waals surface area (Å²) in [6, 6.07) is 7.97. The Balaban J connectivity index is 1.69. The molecule has 1 amide bonds. The van der Waals surface area contributed by atoms with Crippen LogP contribution in [0.5, 0.6) is 11.5 Å². The highest BCUT2D eigenvalue weighted by Gasteiger charge is 2.22. The smallest absolute Gasteiger partial charge is 0.220 e. The summed E-state index contributed by atoms with van der Waals surface area (Å²) in [5.41, 5.74) is 0. The van der Waals surface area contributed by atoms with Crippen molar-refractivity contribution in [3.05, 3.63) is 24.3 Å². The van der Waals surface area contributed by atoms with Crippen molar-refractivity contribution in [2.75, 3.05) is 40.4 Å². The van der Waals surface area contributed by atoms with E-state index in [0.717, 1.165) is 43.3 Å². The van der Waals surface area contributed by atoms with Gasteiger partial charge < -0.3 is 25.0 Å². The number of benzene rings is 1. The number of rotatable bonds is 11. The maximum Gasteiger partial charge on any atom is 0.220 e. The number of carbonyl (C=O) groups is 1. The third-order valence-electron chi connectivity index (χ3n) is 4.22. The molecule has 0 saturated heterocycles. The van der Waals surface area contributed by atoms with Gasteiger partial charge in [0.2, 0.25) is 5.91 Å². The van der Waals surface area contributed by atoms with Crippen LogP contribution >= 0.6 is 0 Å². The molecule has 0 heterocycles. The van der Waals surface area contributed by atoms with Gasteiger partial charge in [-0.2, -0.15) is 0 Å². The van der Waals surface area contributed by atoms with Crippen LogP contribution < -0.4 is 20.1 Å². The lowest BCUT2D eigenvalue weighted by Gasteiger charge is -2.22. The topological polar surface area (TPSA) is 75.2 Å². The van der Waals surface area contributed by atoms with Gasteiger partial charge >= 0.3 is 0 Å². The molecule has 0 aromatic heterocycles. The Morgan fingerprint density at radius 3 is 2.59 bits per heavy atom. The number of nitrogens with zero attached hydrogens (tertiary/aromatic N) is 2. The van der Waals surface area contributed by atoms with Gasteiger partial charge in [-0.15, -0.1) is 0 Å². The number of ether oxygens (including phenoxy) is 2. The first-order valence-electron chi connectivity index (χ1n) is 9.68. The van der Waals surface area contributed by atoms with E-state index in [4.69, 9.17) is 9.47 Å². The fourth-order valence-electron chi connectivity index (χ4n) is 2.50. The number of hydrogen-bond acceptors (Lipinski definition) is 4. The van der Waals surface area contributed by atoms with E-state index in [1.54, 1.807) is 7.11 Å². The van der Waals surface area contributed by atoms with Crippen LogP contribution in [0, 0.1) is 0 Å². The fraction of sp³-hybridized carbons (Fsp3) is 0.600. The Hall–Kier alpha value is -2.44. The first-order valence-corrected chi connectivity index (χ1v) is 9.68. The van der Waals surface area contributed by atoms with Gasteiger partial charge in [-0.25, -0.2) is 0 Å². The van der Waals surface area contributed by atoms with Crippen molar-refractivity contribution >= 4 is 11.9 Å². The van der Waals surface area contributed by atoms with E-state index in [1.165, 1.54) is 0 Å². The van der Waals surface area contributed by atoms with Crippen molar-refractivity contribution in [3.8, 4) is 11.5 Å². The van der Waals surface area contributed by atoms with Crippen molar-refractivity contribution in [2.45, 2.75) is 38.6 Å². The Kier molecular flexibility index (Phi) is 8.74. The molecule has 7 nitrogen and oxygen atoms in total. The van der Waals surface area contributed by atoms with Gasteiger partial charge in [0.25, 0.3) is 0 Å². The minimum atomic E-state index is 0.138. The lowest BCUT2D eigenvalue weighted by Crippen LogP contribution is -2.41. The number of guanidine groups is 1. The normalized spacial score (nSPS) is 13.8. The molecule has 1 aromatic rings. The van der Waals surface area contributed by atoms with E-state index >= 15 is 0 Å². The molecular formula is C20H32N4O3. The molecule has 0 atom stereocenters. The summed E-state index contributed by atoms with van der Waals surface area (Å²) in [5, 5.41) is 6.28. The Bertz CT molecular complexity index is 600. The predicted octanol–water partition coefficient (Wildman–Crippen LogP) is 2.03. The van der Waals surface area contributed by atoms with E-state index in [1.807, 2.05) is 43.1 Å². The summed E-state index contributed by atoms with van der Waals surface area (Å²) in [7, 11) is 3.63. The van der Waals surface area contributed by atoms with E-state index in [9.17, 15) is 4.79 Å². The average Bonchev–Trinajstić information content (AvgIpc) is 3.48. The van der Waals surface area contributed by atoms with Crippen LogP contribution in [-0.2, 0) is 4.79 Å². The van der Waals surface area contributed by atoms with Crippen LogP contribution in [0.25, 0.3) is 0 Å². The van der Waals surface area contributed by atoms with E-state index in [-0.39, 0.29) is 5.91 Å². The number of nitrogens with one attached hydrogen (secondary N) is 2. The summed E-state index contributed by atoms with van der Waals surface area (Å²) in [5.74, 6) is 2.59. The van der Waals surface area contributed by atoms with Crippen LogP contribution in [0.2, 0.25) is 0 Å². The zero-order valence-corrected chi connectivity index (χ0v) is 16.7. The van der Waals surface area contributed by atoms with Crippen molar-refractivity contribution in [2.24, 2.45) is 4.99 Å². The summed E-state index contributed by atoms with van der Waals surface area (Å²) in [4.78, 5) is 18.4. The van der Waals surface area contributed by atoms with E-state index < -0.39 is 0 Å². The maximum absolute atomic E-state index is 11.7. The van der Waals surface area contributed by atoms with E-state index in [0.29, 0.717) is 32.2 Å². The van der Waals surface area contributed by atoms with Crippen LogP contribution in [0.1, 0.15) is 32.6 Å². The Morgan fingerprint density at radius 1 is 1.26 bits per heavy atom. The van der Waals surface area contributed by atoms with Gasteiger partial charge in [-0.05, 0) is 50.5 Å². The number of amides is 1. The highest BCUT2D eigenvalue weighted by molar-refractivity contribution is 5.80. The lowest BCUT2D eigenvalue weighted by molar-refractivity contribution is -0.121. The molecule has 0 radical (unpaired) electrons. The Morgan fingerprint density at radius 2 is 1.96 bits per heavy atom. The molecule has 0 spiro atoms. The zero-order chi connectivity index (χ0) is 19.5. The van der Waals surface area contributed by atoms with E-state index in [2.05, 4.69) is 15.6 Å². The molecule has 1 fully saturated rings. The predicted molar refractivity (Wildman–Crippen MR) is 107 cm³/mol. The number of carbonyl (C=O) groups excluding carboxylic acids is 1. The molecule has 1 aromatic carbocycles. The number of hydrogen-bond donors (Lipinski definition) is 2. The second kappa shape index (κ2) is 11.3. The molecule has 27 heavy (non-hydrogen) atoms. The number of aliphatic imine (C=N–C) groups is 1. The molecule has 1 aliphatic rings. The first-order chi connectivity index (χ1) is 13.1. The molecule has 1 saturated carbocycles. The molecule has 1 aliphatic carbocycles. The minimum Gasteiger partial charge on any atom is -0.497 e. The molecule has 0 unspecified atom stereocenters. The van der Waals surface area contributed by atoms with Crippen LogP contribution in [-0.4, -0.2) is 63.2 Å². The Labute approximate surface area is 162 Å². The van der Waals surface area contributed by atoms with Crippen LogP contribution in [0.3, 0.4) is 0 Å². The molecule has 0 aliphatic heterocycles. The second-order valence-electron chi connectivity index (χ2n) is 6.63. The molecule has 2 rings (SSSR count). The summed E-state index contributed by atoms with van der Waals surface area (Å²) in [6.07, 6.45) is 3.53. The number of methoxy groups -OCH3 is 1. The highest BCUT2D eigenvalue weighted by Crippen LogP contribution is 2.18. The first kappa shape index (κ1) is 20.9. The molecule has 0 bridgehead atoms. The lowest BCUT2D eigenvalue weighted by atomic mass is 10.3. The zero-order valence-electron chi connectivity index (χ0n) is 16.7. The van der Waals surface area contributed by atoms with Gasteiger partial charge in [-0.1, -0.05) is 0 Å². The second-order valence-corrected chi connectivity index (χ2v) is 6.63. The average molecular weight is 377 g/mol. The molecule has 7 heteroatoms. The van der Waals surface area contributed by atoms with Crippen LogP contribution in [0.15, 0.2) is 29.3 Å². The van der Waals surface area contributed by atoms with Crippen molar-refractivity contribution < 1.29 is 14.3 Å². The molecule has 150 valence electrons. The van der Waals surface area contributed by atoms with Gasteiger partial charge in [0.15, 0.2) is 5.96 Å². The number of likely N-dealkylation sites (N-methyl/N-ethyl adjacent to an activating group) is 1. The third kappa shape index (κ3) is 8.19. The summed E-state index contributed by atoms with van der Waals surface area (Å²) in [6.45, 7) is 4.73. The molecule has 2 N–H and O–H groups in total. The minimum absolute atomic E-state index is 0.138. The third-order valence-corrected chi connectivity index (χ3v) is 4.22. The van der Waals surface area contributed by atoms with Crippen molar-refractivity contribution in [3.63, 3.8) is 0 Å². The van der Waals surface area contributed by atoms with Crippen molar-refractivity contribution in [1.29, 1.82) is 0 Å². The standard InChI is InChI=1S/C20H32N4O3/c1-4-21-20(22-13-5-6-19(25)23-16-7-8-16)24(2)14-15-27-18-11-9-17(26-3)10-12-18/h9-12,16H,4-8,13-15H2,1-3H3,(H,21,22)(H,23,25). The fourth-order valence-corrected chi connectivity index (χ4v) is 2.50. The quantitative estimate of drug-likeness (QED) is 0.351. The summed E-state index contributed by atoms with van der Waals surface area (Å²) < 4.78 is 10.9. The van der Waals surface area contributed by atoms with Gasteiger partial charge in [0.1, 0.15) is 18.1 Å². The SMILES string of the molecule is CCNC(=NCCCC(=O)NC1CC1)N(C)CCOc1ccc(OC)cc1. The maximum atomic E-state index is 11.7. The van der Waals surface area contributed by atoms with Gasteiger partial charge in [0.05, 0.1) is 13.7 Å². The van der Waals surface area contributed by atoms with Crippen molar-refractivity contribution in [1.82, 2.24) is 15.5 Å². The summed E-state index contributed by atoms with van der Waals surface area (Å²) >= 11 is 0. The van der Waals surface area contributed by atoms with Gasteiger partial charge in [-0.3, -0.25) is 9.79 Å². The van der Waals surface area contributed by atoms with Gasteiger partial charge in [0, 0.05) is 32.6 Å².